The summed E-state index contributed by atoms with van der Waals surface area (Å²) in [4.78, 5) is 0. The molecule has 2 bridgehead atoms. The van der Waals surface area contributed by atoms with E-state index in [-0.39, 0.29) is 0 Å². The van der Waals surface area contributed by atoms with Crippen LogP contribution in [0, 0.1) is 23.7 Å². The number of hydrazone groups is 1. The highest BCUT2D eigenvalue weighted by molar-refractivity contribution is 5.69. The van der Waals surface area contributed by atoms with Crippen LogP contribution in [0.1, 0.15) is 40.5 Å². The van der Waals surface area contributed by atoms with E-state index < -0.39 is 0 Å². The maximum absolute atomic E-state index is 4.21. The quantitative estimate of drug-likeness (QED) is 0.647. The van der Waals surface area contributed by atoms with Crippen LogP contribution in [0.15, 0.2) is 16.4 Å². The minimum absolute atomic E-state index is 0.683. The molecule has 2 nitrogen and oxygen atoms in total. The highest BCUT2D eigenvalue weighted by Crippen LogP contribution is 2.55. The summed E-state index contributed by atoms with van der Waals surface area (Å²) in [5.41, 5.74) is 6.10. The van der Waals surface area contributed by atoms with Crippen molar-refractivity contribution >= 4 is 6.21 Å². The number of hydrogen-bond donors (Lipinski definition) is 1. The zero-order chi connectivity index (χ0) is 11.0. The van der Waals surface area contributed by atoms with Crippen molar-refractivity contribution in [1.29, 1.82) is 0 Å². The Hall–Kier alpha value is -0.790. The van der Waals surface area contributed by atoms with Gasteiger partial charge in [0.15, 0.2) is 0 Å². The molecule has 3 rings (SSSR count). The van der Waals surface area contributed by atoms with Gasteiger partial charge in [0.05, 0.1) is 0 Å². The number of nitrogens with zero attached hydrogens (tertiary/aromatic N) is 1. The van der Waals surface area contributed by atoms with E-state index in [0.29, 0.717) is 5.92 Å². The molecule has 2 heteroatoms. The standard InChI is InChI=1S/C11H16N2.C2H6/c1-6-3-8-4-9(6)11-7(2)13-12-5-10(8)11;1-2/h5-6,8-10,13H,3-4H2,1-2H3;1-2H3. The Bertz CT molecular complexity index is 304. The van der Waals surface area contributed by atoms with E-state index in [1.54, 1.807) is 5.57 Å². The van der Waals surface area contributed by atoms with Gasteiger partial charge in [-0.15, -0.1) is 0 Å². The molecule has 2 fully saturated rings. The molecule has 84 valence electrons. The third-order valence-electron chi connectivity index (χ3n) is 4.08. The number of allylic oxidation sites excluding steroid dienone is 2. The lowest BCUT2D eigenvalue weighted by molar-refractivity contribution is 0.391. The second kappa shape index (κ2) is 3.99. The van der Waals surface area contributed by atoms with Gasteiger partial charge < -0.3 is 0 Å². The van der Waals surface area contributed by atoms with Gasteiger partial charge in [0.2, 0.25) is 0 Å². The predicted molar refractivity (Wildman–Crippen MR) is 64.5 cm³/mol. The lowest BCUT2D eigenvalue weighted by atomic mass is 9.78. The first-order valence-corrected chi connectivity index (χ1v) is 6.27. The first-order valence-electron chi connectivity index (χ1n) is 6.27. The molecular weight excluding hydrogens is 184 g/mol. The fraction of sp³-hybridized carbons (Fsp3) is 0.769. The van der Waals surface area contributed by atoms with E-state index in [1.807, 2.05) is 13.8 Å². The summed E-state index contributed by atoms with van der Waals surface area (Å²) in [6.07, 6.45) is 4.95. The zero-order valence-electron chi connectivity index (χ0n) is 10.2. The molecule has 0 amide bonds. The van der Waals surface area contributed by atoms with E-state index in [9.17, 15) is 0 Å². The Morgan fingerprint density at radius 3 is 2.80 bits per heavy atom. The van der Waals surface area contributed by atoms with E-state index in [4.69, 9.17) is 0 Å². The van der Waals surface area contributed by atoms with Crippen molar-refractivity contribution in [1.82, 2.24) is 5.43 Å². The van der Waals surface area contributed by atoms with E-state index in [2.05, 4.69) is 30.6 Å². The number of fused-ring (bicyclic) bond motifs is 5. The summed E-state index contributed by atoms with van der Waals surface area (Å²) in [5, 5.41) is 4.21. The van der Waals surface area contributed by atoms with Crippen molar-refractivity contribution in [2.24, 2.45) is 28.8 Å². The summed E-state index contributed by atoms with van der Waals surface area (Å²) in [7, 11) is 0. The number of hydrogen-bond acceptors (Lipinski definition) is 2. The van der Waals surface area contributed by atoms with Crippen LogP contribution in [0.2, 0.25) is 0 Å². The van der Waals surface area contributed by atoms with Crippen LogP contribution in [-0.2, 0) is 0 Å². The molecule has 0 aromatic heterocycles. The van der Waals surface area contributed by atoms with E-state index in [1.165, 1.54) is 18.5 Å². The van der Waals surface area contributed by atoms with Gasteiger partial charge >= 0.3 is 0 Å². The smallest absolute Gasteiger partial charge is 0.0321 e. The fourth-order valence-electron chi connectivity index (χ4n) is 3.53. The van der Waals surface area contributed by atoms with Crippen molar-refractivity contribution in [2.45, 2.75) is 40.5 Å². The second-order valence-corrected chi connectivity index (χ2v) is 4.81. The Morgan fingerprint density at radius 2 is 2.07 bits per heavy atom. The van der Waals surface area contributed by atoms with Crippen LogP contribution in [0.5, 0.6) is 0 Å². The van der Waals surface area contributed by atoms with E-state index >= 15 is 0 Å². The Labute approximate surface area is 92.8 Å². The summed E-state index contributed by atoms with van der Waals surface area (Å²) < 4.78 is 0. The number of nitrogens with one attached hydrogen (secondary N) is 1. The van der Waals surface area contributed by atoms with Gasteiger partial charge in [-0.05, 0) is 43.1 Å². The highest BCUT2D eigenvalue weighted by atomic mass is 15.3. The Balaban J connectivity index is 0.000000404. The minimum atomic E-state index is 0.683. The summed E-state index contributed by atoms with van der Waals surface area (Å²) in [5.74, 6) is 3.34. The fourth-order valence-corrected chi connectivity index (χ4v) is 3.53. The molecular formula is C13H22N2. The SMILES string of the molecule is CC.CC1=C2C(C=NN1)C1CC(C)C2C1. The van der Waals surface area contributed by atoms with Crippen LogP contribution in [-0.4, -0.2) is 6.21 Å². The molecule has 2 saturated carbocycles. The molecule has 0 aromatic rings. The lowest BCUT2D eigenvalue weighted by Crippen LogP contribution is -2.27. The normalized spacial score (nSPS) is 40.8. The zero-order valence-corrected chi connectivity index (χ0v) is 10.2. The van der Waals surface area contributed by atoms with Gasteiger partial charge in [0.25, 0.3) is 0 Å². The predicted octanol–water partition coefficient (Wildman–Crippen LogP) is 3.17. The van der Waals surface area contributed by atoms with Crippen molar-refractivity contribution in [3.63, 3.8) is 0 Å². The topological polar surface area (TPSA) is 24.4 Å². The summed E-state index contributed by atoms with van der Waals surface area (Å²) in [6.45, 7) is 8.57. The van der Waals surface area contributed by atoms with Gasteiger partial charge in [0.1, 0.15) is 0 Å². The van der Waals surface area contributed by atoms with Crippen LogP contribution >= 0.6 is 0 Å². The number of rotatable bonds is 0. The molecule has 1 N–H and O–H groups in total. The highest BCUT2D eigenvalue weighted by Gasteiger charge is 2.48. The summed E-state index contributed by atoms with van der Waals surface area (Å²) in [6, 6.07) is 0. The molecule has 0 aromatic carbocycles. The maximum Gasteiger partial charge on any atom is 0.0321 e. The van der Waals surface area contributed by atoms with Gasteiger partial charge in [-0.2, -0.15) is 5.10 Å². The van der Waals surface area contributed by atoms with Crippen LogP contribution < -0.4 is 5.43 Å². The molecule has 1 heterocycles. The summed E-state index contributed by atoms with van der Waals surface area (Å²) >= 11 is 0. The Morgan fingerprint density at radius 1 is 1.33 bits per heavy atom. The maximum atomic E-state index is 4.21. The first-order chi connectivity index (χ1) is 7.27. The van der Waals surface area contributed by atoms with Crippen molar-refractivity contribution in [3.8, 4) is 0 Å². The van der Waals surface area contributed by atoms with Gasteiger partial charge in [-0.25, -0.2) is 0 Å². The van der Waals surface area contributed by atoms with Crippen molar-refractivity contribution in [2.75, 3.05) is 0 Å². The third-order valence-corrected chi connectivity index (χ3v) is 4.08. The molecule has 3 aliphatic rings. The Kier molecular flexibility index (Phi) is 2.85. The average molecular weight is 206 g/mol. The molecule has 2 aliphatic carbocycles. The molecule has 0 saturated heterocycles. The third kappa shape index (κ3) is 1.51. The monoisotopic (exact) mass is 206 g/mol. The van der Waals surface area contributed by atoms with E-state index in [0.717, 1.165) is 17.8 Å². The largest absolute Gasteiger partial charge is 0.283 e. The molecule has 0 spiro atoms. The van der Waals surface area contributed by atoms with Gasteiger partial charge in [0, 0.05) is 17.8 Å². The lowest BCUT2D eigenvalue weighted by Gasteiger charge is -2.30. The van der Waals surface area contributed by atoms with Crippen LogP contribution in [0.3, 0.4) is 0 Å². The van der Waals surface area contributed by atoms with Crippen molar-refractivity contribution in [3.05, 3.63) is 11.3 Å². The molecule has 15 heavy (non-hydrogen) atoms. The second-order valence-electron chi connectivity index (χ2n) is 4.81. The molecule has 1 aliphatic heterocycles. The average Bonchev–Trinajstić information content (AvgIpc) is 2.79. The van der Waals surface area contributed by atoms with Crippen LogP contribution in [0.25, 0.3) is 0 Å². The molecule has 4 unspecified atom stereocenters. The molecule has 0 radical (unpaired) electrons. The van der Waals surface area contributed by atoms with Gasteiger partial charge in [-0.3, -0.25) is 5.43 Å². The minimum Gasteiger partial charge on any atom is -0.283 e. The van der Waals surface area contributed by atoms with Crippen LogP contribution in [0.4, 0.5) is 0 Å². The molecule has 4 atom stereocenters. The van der Waals surface area contributed by atoms with Crippen molar-refractivity contribution < 1.29 is 0 Å². The van der Waals surface area contributed by atoms with Gasteiger partial charge in [-0.1, -0.05) is 20.8 Å². The first kappa shape index (κ1) is 10.7.